The molecule has 1 aliphatic heterocycles. The minimum atomic E-state index is -3.67. The van der Waals surface area contributed by atoms with E-state index in [2.05, 4.69) is 27.4 Å². The van der Waals surface area contributed by atoms with Crippen LogP contribution in [-0.4, -0.2) is 24.5 Å². The monoisotopic (exact) mass is 275 g/mol. The Hall–Kier alpha value is -1.50. The first-order valence-electron chi connectivity index (χ1n) is 5.23. The van der Waals surface area contributed by atoms with Crippen LogP contribution in [0.1, 0.15) is 15.9 Å². The molecule has 0 bridgehead atoms. The molecule has 0 saturated heterocycles. The summed E-state index contributed by atoms with van der Waals surface area (Å²) in [5.41, 5.74) is 0.596. The Kier molecular flexibility index (Phi) is 3.34. The molecule has 1 aromatic rings. The van der Waals surface area contributed by atoms with Crippen LogP contribution in [0.4, 0.5) is 8.78 Å². The van der Waals surface area contributed by atoms with Gasteiger partial charge in [0.05, 0.1) is 0 Å². The largest absolute Gasteiger partial charge is 0.586 e. The minimum Gasteiger partial charge on any atom is -0.395 e. The van der Waals surface area contributed by atoms with E-state index >= 15 is 0 Å². The maximum atomic E-state index is 12.9. The van der Waals surface area contributed by atoms with E-state index in [0.29, 0.717) is 17.9 Å². The predicted molar refractivity (Wildman–Crippen MR) is 63.6 cm³/mol. The molecule has 0 saturated carbocycles. The van der Waals surface area contributed by atoms with Gasteiger partial charge in [-0.3, -0.25) is 4.79 Å². The maximum absolute atomic E-state index is 12.9. The third kappa shape index (κ3) is 2.35. The van der Waals surface area contributed by atoms with Crippen LogP contribution in [0.2, 0.25) is 0 Å². The lowest BCUT2D eigenvalue weighted by atomic mass is 10.1. The number of fused-ring (bicyclic) bond motifs is 1. The summed E-state index contributed by atoms with van der Waals surface area (Å²) in [5, 5.41) is 2.60. The van der Waals surface area contributed by atoms with E-state index in [9.17, 15) is 13.6 Å². The van der Waals surface area contributed by atoms with Crippen LogP contribution in [-0.2, 0) is 0 Å². The van der Waals surface area contributed by atoms with E-state index in [1.165, 1.54) is 19.1 Å². The molecule has 1 heterocycles. The third-order valence-corrected chi connectivity index (χ3v) is 2.69. The molecule has 2 rings (SSSR count). The van der Waals surface area contributed by atoms with Crippen molar-refractivity contribution in [3.05, 3.63) is 23.3 Å². The highest BCUT2D eigenvalue weighted by Gasteiger charge is 2.44. The molecule has 1 N–H and O–H groups in total. The van der Waals surface area contributed by atoms with Crippen LogP contribution in [0.25, 0.3) is 0 Å². The number of amides is 1. The first-order valence-corrected chi connectivity index (χ1v) is 5.86. The molecule has 4 nitrogen and oxygen atoms in total. The highest BCUT2D eigenvalue weighted by Crippen LogP contribution is 2.44. The number of alkyl halides is 2. The van der Waals surface area contributed by atoms with E-state index in [4.69, 9.17) is 0 Å². The summed E-state index contributed by atoms with van der Waals surface area (Å²) < 4.78 is 34.5. The molecule has 0 aliphatic carbocycles. The zero-order chi connectivity index (χ0) is 13.3. The molecule has 1 aromatic carbocycles. The topological polar surface area (TPSA) is 47.6 Å². The Morgan fingerprint density at radius 1 is 1.44 bits per heavy atom. The number of carbonyl (C=O) groups excluding carboxylic acids is 1. The van der Waals surface area contributed by atoms with Gasteiger partial charge in [-0.25, -0.2) is 0 Å². The first-order chi connectivity index (χ1) is 8.44. The van der Waals surface area contributed by atoms with Gasteiger partial charge < -0.3 is 14.8 Å². The predicted octanol–water partition coefficient (Wildman–Crippen LogP) is 1.98. The molecule has 1 aliphatic rings. The van der Waals surface area contributed by atoms with Gasteiger partial charge in [-0.1, -0.05) is 0 Å². The van der Waals surface area contributed by atoms with Crippen molar-refractivity contribution in [2.24, 2.45) is 0 Å². The van der Waals surface area contributed by atoms with Crippen molar-refractivity contribution >= 4 is 18.5 Å². The van der Waals surface area contributed by atoms with Crippen LogP contribution in [0, 0.1) is 6.92 Å². The van der Waals surface area contributed by atoms with Crippen LogP contribution in [0.15, 0.2) is 12.1 Å². The number of rotatable bonds is 3. The molecule has 18 heavy (non-hydrogen) atoms. The molecule has 0 spiro atoms. The van der Waals surface area contributed by atoms with Crippen LogP contribution in [0.3, 0.4) is 0 Å². The average molecular weight is 275 g/mol. The van der Waals surface area contributed by atoms with Crippen molar-refractivity contribution in [3.63, 3.8) is 0 Å². The Morgan fingerprint density at radius 3 is 2.83 bits per heavy atom. The fourth-order valence-electron chi connectivity index (χ4n) is 1.65. The summed E-state index contributed by atoms with van der Waals surface area (Å²) in [5.74, 6) is -0.0297. The van der Waals surface area contributed by atoms with Gasteiger partial charge in [-0.05, 0) is 19.1 Å². The van der Waals surface area contributed by atoms with E-state index in [0.717, 1.165) is 0 Å². The second kappa shape index (κ2) is 4.64. The van der Waals surface area contributed by atoms with Gasteiger partial charge in [-0.2, -0.15) is 12.6 Å². The van der Waals surface area contributed by atoms with Crippen molar-refractivity contribution in [2.75, 3.05) is 12.3 Å². The standard InChI is InChI=1S/C11H11F2NO3S/c1-6-7(10(15)14-4-5-18)2-3-8-9(6)17-11(12,13)16-8/h2-3,18H,4-5H2,1H3,(H,14,15). The zero-order valence-corrected chi connectivity index (χ0v) is 10.4. The lowest BCUT2D eigenvalue weighted by molar-refractivity contribution is -0.286. The molecule has 0 fully saturated rings. The van der Waals surface area contributed by atoms with Crippen LogP contribution < -0.4 is 14.8 Å². The van der Waals surface area contributed by atoms with Crippen LogP contribution >= 0.6 is 12.6 Å². The van der Waals surface area contributed by atoms with Crippen molar-refractivity contribution in [3.8, 4) is 11.5 Å². The lowest BCUT2D eigenvalue weighted by Gasteiger charge is -2.08. The van der Waals surface area contributed by atoms with Gasteiger partial charge in [0.1, 0.15) is 0 Å². The van der Waals surface area contributed by atoms with Crippen molar-refractivity contribution in [2.45, 2.75) is 13.2 Å². The molecule has 98 valence electrons. The summed E-state index contributed by atoms with van der Waals surface area (Å²) >= 11 is 3.96. The van der Waals surface area contributed by atoms with Gasteiger partial charge in [0.25, 0.3) is 5.91 Å². The molecule has 0 unspecified atom stereocenters. The smallest absolute Gasteiger partial charge is 0.395 e. The molecule has 0 radical (unpaired) electrons. The Labute approximate surface area is 108 Å². The van der Waals surface area contributed by atoms with E-state index < -0.39 is 6.29 Å². The summed E-state index contributed by atoms with van der Waals surface area (Å²) in [7, 11) is 0. The second-order valence-electron chi connectivity index (χ2n) is 3.71. The second-order valence-corrected chi connectivity index (χ2v) is 4.16. The quantitative estimate of drug-likeness (QED) is 0.829. The Morgan fingerprint density at radius 2 is 2.17 bits per heavy atom. The molecular formula is C11H11F2NO3S. The van der Waals surface area contributed by atoms with Crippen molar-refractivity contribution < 1.29 is 23.0 Å². The SMILES string of the molecule is Cc1c(C(=O)NCCS)ccc2c1OC(F)(F)O2. The molecular weight excluding hydrogens is 264 g/mol. The van der Waals surface area contributed by atoms with E-state index in [1.54, 1.807) is 0 Å². The Balaban J connectivity index is 2.29. The first kappa shape index (κ1) is 12.9. The number of ether oxygens (including phenoxy) is 2. The average Bonchev–Trinajstić information content (AvgIpc) is 2.62. The summed E-state index contributed by atoms with van der Waals surface area (Å²) in [6.07, 6.45) is -3.67. The van der Waals surface area contributed by atoms with E-state index in [-0.39, 0.29) is 23.0 Å². The number of halogens is 2. The van der Waals surface area contributed by atoms with Crippen molar-refractivity contribution in [1.82, 2.24) is 5.32 Å². The van der Waals surface area contributed by atoms with Gasteiger partial charge in [0, 0.05) is 23.4 Å². The van der Waals surface area contributed by atoms with Gasteiger partial charge >= 0.3 is 6.29 Å². The zero-order valence-electron chi connectivity index (χ0n) is 9.50. The summed E-state index contributed by atoms with van der Waals surface area (Å²) in [6.45, 7) is 1.92. The highest BCUT2D eigenvalue weighted by atomic mass is 32.1. The van der Waals surface area contributed by atoms with Gasteiger partial charge in [0.15, 0.2) is 11.5 Å². The van der Waals surface area contributed by atoms with Gasteiger partial charge in [-0.15, -0.1) is 8.78 Å². The number of carbonyl (C=O) groups is 1. The van der Waals surface area contributed by atoms with Crippen molar-refractivity contribution in [1.29, 1.82) is 0 Å². The lowest BCUT2D eigenvalue weighted by Crippen LogP contribution is -2.27. The molecule has 0 atom stereocenters. The number of benzene rings is 1. The number of nitrogens with one attached hydrogen (secondary N) is 1. The summed E-state index contributed by atoms with van der Waals surface area (Å²) in [4.78, 5) is 11.8. The van der Waals surface area contributed by atoms with Crippen LogP contribution in [0.5, 0.6) is 11.5 Å². The molecule has 0 aromatic heterocycles. The molecule has 1 amide bonds. The maximum Gasteiger partial charge on any atom is 0.586 e. The Bertz CT molecular complexity index is 493. The minimum absolute atomic E-state index is 0.0664. The number of thiol groups is 1. The number of hydrogen-bond acceptors (Lipinski definition) is 4. The number of hydrogen-bond donors (Lipinski definition) is 2. The molecule has 7 heteroatoms. The highest BCUT2D eigenvalue weighted by molar-refractivity contribution is 7.80. The van der Waals surface area contributed by atoms with Gasteiger partial charge in [0.2, 0.25) is 0 Å². The fraction of sp³-hybridized carbons (Fsp3) is 0.364. The third-order valence-electron chi connectivity index (χ3n) is 2.46. The van der Waals surface area contributed by atoms with E-state index in [1.807, 2.05) is 0 Å². The summed E-state index contributed by atoms with van der Waals surface area (Å²) in [6, 6.07) is 2.71. The fourth-order valence-corrected chi connectivity index (χ4v) is 1.76. The normalized spacial score (nSPS) is 15.6.